The fourth-order valence-corrected chi connectivity index (χ4v) is 1.43. The Labute approximate surface area is 97.4 Å². The molecule has 2 radical (unpaired) electrons. The Bertz CT molecular complexity index is 360. The molecule has 1 aliphatic heterocycles. The fraction of sp³-hybridized carbons (Fsp3) is 0.500. The standard InChI is InChI=1S/C8H11N3O2.Mg/c9-6-3-4-11(8(12)10-6)7-2-1-5-13-7;/h3-4,7H,1-2,5H2,(H2,9,10,12);/t7-;/m1./s1. The quantitative estimate of drug-likeness (QED) is 0.642. The molecule has 1 aliphatic rings. The van der Waals surface area contributed by atoms with Crippen LogP contribution in [0.1, 0.15) is 19.1 Å². The summed E-state index contributed by atoms with van der Waals surface area (Å²) in [5.41, 5.74) is 5.02. The average molecular weight is 206 g/mol. The van der Waals surface area contributed by atoms with Crippen LogP contribution in [0, 0.1) is 0 Å². The topological polar surface area (TPSA) is 70.1 Å². The molecule has 0 saturated carbocycles. The smallest absolute Gasteiger partial charge is 0.351 e. The second kappa shape index (κ2) is 4.76. The summed E-state index contributed by atoms with van der Waals surface area (Å²) in [6.07, 6.45) is 3.33. The molecule has 0 bridgehead atoms. The van der Waals surface area contributed by atoms with Crippen LogP contribution in [0.3, 0.4) is 0 Å². The van der Waals surface area contributed by atoms with E-state index in [0.29, 0.717) is 6.61 Å². The van der Waals surface area contributed by atoms with Crippen molar-refractivity contribution in [1.29, 1.82) is 0 Å². The summed E-state index contributed by atoms with van der Waals surface area (Å²) < 4.78 is 6.82. The highest BCUT2D eigenvalue weighted by Crippen LogP contribution is 2.20. The van der Waals surface area contributed by atoms with Crippen molar-refractivity contribution < 1.29 is 4.74 Å². The van der Waals surface area contributed by atoms with Gasteiger partial charge in [-0.1, -0.05) is 0 Å². The van der Waals surface area contributed by atoms with Gasteiger partial charge in [0.15, 0.2) is 0 Å². The van der Waals surface area contributed by atoms with Crippen molar-refractivity contribution >= 4 is 28.9 Å². The number of rotatable bonds is 1. The molecule has 1 aromatic heterocycles. The molecule has 2 rings (SSSR count). The fourth-order valence-electron chi connectivity index (χ4n) is 1.43. The van der Waals surface area contributed by atoms with Crippen molar-refractivity contribution in [1.82, 2.24) is 9.55 Å². The van der Waals surface area contributed by atoms with Gasteiger partial charge in [0.2, 0.25) is 0 Å². The third-order valence-corrected chi connectivity index (χ3v) is 2.07. The van der Waals surface area contributed by atoms with Gasteiger partial charge in [0.25, 0.3) is 0 Å². The predicted octanol–water partition coefficient (Wildman–Crippen LogP) is -0.246. The zero-order valence-electron chi connectivity index (χ0n) is 7.85. The molecule has 6 heteroatoms. The minimum atomic E-state index is -0.341. The molecule has 72 valence electrons. The molecule has 2 heterocycles. The number of anilines is 1. The summed E-state index contributed by atoms with van der Waals surface area (Å²) in [4.78, 5) is 14.9. The number of nitrogens with zero attached hydrogens (tertiary/aromatic N) is 2. The van der Waals surface area contributed by atoms with E-state index in [1.165, 1.54) is 4.57 Å². The number of nitrogen functional groups attached to an aromatic ring is 1. The molecular formula is C8H11MgN3O2. The first kappa shape index (κ1) is 11.5. The summed E-state index contributed by atoms with van der Waals surface area (Å²) in [6, 6.07) is 1.60. The van der Waals surface area contributed by atoms with Gasteiger partial charge >= 0.3 is 5.69 Å². The van der Waals surface area contributed by atoms with Gasteiger partial charge in [0.1, 0.15) is 12.0 Å². The summed E-state index contributed by atoms with van der Waals surface area (Å²) in [6.45, 7) is 0.710. The maximum absolute atomic E-state index is 11.3. The lowest BCUT2D eigenvalue weighted by atomic mass is 10.3. The second-order valence-corrected chi connectivity index (χ2v) is 3.01. The largest absolute Gasteiger partial charge is 0.383 e. The van der Waals surface area contributed by atoms with Crippen LogP contribution in [0.15, 0.2) is 17.1 Å². The van der Waals surface area contributed by atoms with Crippen molar-refractivity contribution in [3.63, 3.8) is 0 Å². The Morgan fingerprint density at radius 3 is 3.00 bits per heavy atom. The van der Waals surface area contributed by atoms with Crippen molar-refractivity contribution in [2.24, 2.45) is 0 Å². The van der Waals surface area contributed by atoms with E-state index < -0.39 is 0 Å². The van der Waals surface area contributed by atoms with E-state index in [2.05, 4.69) is 4.98 Å². The second-order valence-electron chi connectivity index (χ2n) is 3.01. The van der Waals surface area contributed by atoms with Gasteiger partial charge in [-0.05, 0) is 18.9 Å². The van der Waals surface area contributed by atoms with Crippen LogP contribution in [-0.4, -0.2) is 39.2 Å². The third kappa shape index (κ3) is 2.25. The molecule has 2 N–H and O–H groups in total. The first-order valence-electron chi connectivity index (χ1n) is 4.23. The Morgan fingerprint density at radius 1 is 1.64 bits per heavy atom. The minimum absolute atomic E-state index is 0. The number of hydrogen-bond acceptors (Lipinski definition) is 4. The van der Waals surface area contributed by atoms with E-state index in [1.54, 1.807) is 12.3 Å². The number of aromatic nitrogens is 2. The van der Waals surface area contributed by atoms with Crippen molar-refractivity contribution in [3.05, 3.63) is 22.7 Å². The van der Waals surface area contributed by atoms with Crippen LogP contribution >= 0.6 is 0 Å². The molecule has 0 aliphatic carbocycles. The van der Waals surface area contributed by atoms with Crippen LogP contribution in [0.2, 0.25) is 0 Å². The van der Waals surface area contributed by atoms with Crippen molar-refractivity contribution in [2.45, 2.75) is 19.1 Å². The third-order valence-electron chi connectivity index (χ3n) is 2.07. The van der Waals surface area contributed by atoms with Gasteiger partial charge in [0, 0.05) is 35.9 Å². The molecule has 14 heavy (non-hydrogen) atoms. The van der Waals surface area contributed by atoms with E-state index in [9.17, 15) is 4.79 Å². The minimum Gasteiger partial charge on any atom is -0.383 e. The van der Waals surface area contributed by atoms with E-state index in [0.717, 1.165) is 12.8 Å². The first-order chi connectivity index (χ1) is 6.27. The van der Waals surface area contributed by atoms with Crippen LogP contribution in [0.4, 0.5) is 5.82 Å². The maximum atomic E-state index is 11.3. The molecule has 0 aromatic carbocycles. The van der Waals surface area contributed by atoms with Gasteiger partial charge in [-0.15, -0.1) is 0 Å². The predicted molar refractivity (Wildman–Crippen MR) is 52.9 cm³/mol. The number of hydrogen-bond donors (Lipinski definition) is 1. The van der Waals surface area contributed by atoms with Gasteiger partial charge in [-0.2, -0.15) is 4.98 Å². The van der Waals surface area contributed by atoms with E-state index >= 15 is 0 Å². The highest BCUT2D eigenvalue weighted by molar-refractivity contribution is 5.75. The average Bonchev–Trinajstić information content (AvgIpc) is 2.56. The van der Waals surface area contributed by atoms with Crippen molar-refractivity contribution in [2.75, 3.05) is 12.3 Å². The molecule has 0 unspecified atom stereocenters. The van der Waals surface area contributed by atoms with E-state index in [4.69, 9.17) is 10.5 Å². The Kier molecular flexibility index (Phi) is 3.91. The zero-order valence-corrected chi connectivity index (χ0v) is 9.26. The Balaban J connectivity index is 0.000000980. The molecule has 1 fully saturated rings. The lowest BCUT2D eigenvalue weighted by molar-refractivity contribution is 0.0528. The summed E-state index contributed by atoms with van der Waals surface area (Å²) in [7, 11) is 0. The zero-order chi connectivity index (χ0) is 9.26. The van der Waals surface area contributed by atoms with Crippen LogP contribution in [0.25, 0.3) is 0 Å². The van der Waals surface area contributed by atoms with Gasteiger partial charge < -0.3 is 10.5 Å². The first-order valence-corrected chi connectivity index (χ1v) is 4.23. The molecule has 1 aromatic rings. The van der Waals surface area contributed by atoms with Crippen LogP contribution < -0.4 is 11.4 Å². The van der Waals surface area contributed by atoms with Gasteiger partial charge in [-0.25, -0.2) is 4.79 Å². The SMILES string of the molecule is Nc1ccn([C@H]2CCCO2)c(=O)n1.[Mg]. The van der Waals surface area contributed by atoms with Gasteiger partial charge in [-0.3, -0.25) is 4.57 Å². The highest BCUT2D eigenvalue weighted by atomic mass is 24.3. The van der Waals surface area contributed by atoms with Crippen LogP contribution in [-0.2, 0) is 4.74 Å². The van der Waals surface area contributed by atoms with E-state index in [-0.39, 0.29) is 40.8 Å². The summed E-state index contributed by atoms with van der Waals surface area (Å²) in [5.74, 6) is 0.249. The number of nitrogens with two attached hydrogens (primary N) is 1. The molecular weight excluding hydrogens is 194 g/mol. The van der Waals surface area contributed by atoms with E-state index in [1.807, 2.05) is 0 Å². The highest BCUT2D eigenvalue weighted by Gasteiger charge is 2.18. The molecule has 0 amide bonds. The Hall–Kier alpha value is -0.594. The Morgan fingerprint density at radius 2 is 2.43 bits per heavy atom. The lowest BCUT2D eigenvalue weighted by Crippen LogP contribution is -2.26. The normalized spacial score (nSPS) is 20.4. The lowest BCUT2D eigenvalue weighted by Gasteiger charge is -2.11. The van der Waals surface area contributed by atoms with Gasteiger partial charge in [0.05, 0.1) is 0 Å². The number of ether oxygens (including phenoxy) is 1. The molecule has 0 spiro atoms. The molecule has 1 atom stereocenters. The summed E-state index contributed by atoms with van der Waals surface area (Å²) >= 11 is 0. The maximum Gasteiger partial charge on any atom is 0.351 e. The van der Waals surface area contributed by atoms with Crippen molar-refractivity contribution in [3.8, 4) is 0 Å². The summed E-state index contributed by atoms with van der Waals surface area (Å²) in [5, 5.41) is 0. The monoisotopic (exact) mass is 205 g/mol. The molecule has 1 saturated heterocycles. The molecule has 5 nitrogen and oxygen atoms in total. The van der Waals surface area contributed by atoms with Crippen LogP contribution in [0.5, 0.6) is 0 Å².